The van der Waals surface area contributed by atoms with Crippen LogP contribution in [0.25, 0.3) is 0 Å². The first-order valence-corrected chi connectivity index (χ1v) is 9.68. The Kier molecular flexibility index (Phi) is 4.93. The number of hydrogen-bond acceptors (Lipinski definition) is 5. The summed E-state index contributed by atoms with van der Waals surface area (Å²) in [6, 6.07) is 8.36. The fraction of sp³-hybridized carbons (Fsp3) is 0.476. The molecule has 0 aliphatic carbocycles. The van der Waals surface area contributed by atoms with Gasteiger partial charge in [-0.15, -0.1) is 0 Å². The lowest BCUT2D eigenvalue weighted by Gasteiger charge is -2.33. The van der Waals surface area contributed by atoms with Gasteiger partial charge < -0.3 is 25.3 Å². The van der Waals surface area contributed by atoms with Crippen LogP contribution >= 0.6 is 0 Å². The second-order valence-electron chi connectivity index (χ2n) is 7.71. The van der Waals surface area contributed by atoms with Crippen molar-refractivity contribution in [3.63, 3.8) is 0 Å². The normalized spacial score (nSPS) is 21.8. The highest BCUT2D eigenvalue weighted by atomic mass is 16.5. The Morgan fingerprint density at radius 3 is 2.89 bits per heavy atom. The summed E-state index contributed by atoms with van der Waals surface area (Å²) in [6.45, 7) is 4.99. The number of aromatic nitrogens is 1. The third-order valence-corrected chi connectivity index (χ3v) is 5.62. The molecule has 1 fully saturated rings. The second-order valence-corrected chi connectivity index (χ2v) is 7.71. The number of benzene rings is 1. The molecule has 6 heteroatoms. The van der Waals surface area contributed by atoms with E-state index in [9.17, 15) is 4.79 Å². The Balaban J connectivity index is 1.72. The number of anilines is 2. The zero-order chi connectivity index (χ0) is 19.0. The molecule has 27 heavy (non-hydrogen) atoms. The van der Waals surface area contributed by atoms with Crippen LogP contribution in [0.4, 0.5) is 11.4 Å². The van der Waals surface area contributed by atoms with Crippen LogP contribution in [0.3, 0.4) is 0 Å². The summed E-state index contributed by atoms with van der Waals surface area (Å²) in [7, 11) is 1.81. The van der Waals surface area contributed by atoms with E-state index in [1.807, 2.05) is 26.2 Å². The number of hydrogen-bond donors (Lipinski definition) is 2. The molecule has 6 nitrogen and oxygen atoms in total. The summed E-state index contributed by atoms with van der Waals surface area (Å²) in [6.07, 6.45) is 4.24. The summed E-state index contributed by atoms with van der Waals surface area (Å²) >= 11 is 0. The van der Waals surface area contributed by atoms with Gasteiger partial charge in [0.1, 0.15) is 6.17 Å². The van der Waals surface area contributed by atoms with Crippen molar-refractivity contribution in [3.8, 4) is 0 Å². The predicted molar refractivity (Wildman–Crippen MR) is 108 cm³/mol. The van der Waals surface area contributed by atoms with Gasteiger partial charge in [0.25, 0.3) is 5.56 Å². The number of fused-ring (bicyclic) bond motifs is 1. The van der Waals surface area contributed by atoms with Crippen LogP contribution in [0.5, 0.6) is 0 Å². The Morgan fingerprint density at radius 1 is 1.33 bits per heavy atom. The molecule has 2 aromatic rings. The fourth-order valence-corrected chi connectivity index (χ4v) is 4.18. The molecule has 3 N–H and O–H groups in total. The van der Waals surface area contributed by atoms with Gasteiger partial charge in [0.05, 0.1) is 18.0 Å². The number of nitrogens with two attached hydrogens (primary N) is 1. The topological polar surface area (TPSA) is 72.5 Å². The van der Waals surface area contributed by atoms with Gasteiger partial charge in [-0.05, 0) is 49.4 Å². The van der Waals surface area contributed by atoms with Crippen LogP contribution in [0.1, 0.15) is 35.7 Å². The minimum Gasteiger partial charge on any atom is -0.381 e. The quantitative estimate of drug-likeness (QED) is 0.868. The minimum atomic E-state index is 0.000418. The van der Waals surface area contributed by atoms with Crippen LogP contribution in [-0.2, 0) is 18.3 Å². The zero-order valence-electron chi connectivity index (χ0n) is 16.1. The number of pyridine rings is 1. The second kappa shape index (κ2) is 7.37. The molecule has 0 spiro atoms. The van der Waals surface area contributed by atoms with E-state index >= 15 is 0 Å². The zero-order valence-corrected chi connectivity index (χ0v) is 16.1. The third-order valence-electron chi connectivity index (χ3n) is 5.62. The number of aryl methyl sites for hydroxylation is 2. The third kappa shape index (κ3) is 3.47. The highest BCUT2D eigenvalue weighted by Crippen LogP contribution is 2.42. The minimum absolute atomic E-state index is 0.000418. The van der Waals surface area contributed by atoms with E-state index in [-0.39, 0.29) is 11.7 Å². The van der Waals surface area contributed by atoms with Crippen molar-refractivity contribution in [2.75, 3.05) is 30.0 Å². The maximum Gasteiger partial charge on any atom is 0.253 e. The van der Waals surface area contributed by atoms with Crippen LogP contribution in [0.2, 0.25) is 0 Å². The first-order chi connectivity index (χ1) is 13.1. The maximum atomic E-state index is 12.1. The van der Waals surface area contributed by atoms with E-state index in [2.05, 4.69) is 28.4 Å². The molecule has 2 aliphatic rings. The van der Waals surface area contributed by atoms with E-state index in [1.165, 1.54) is 12.1 Å². The van der Waals surface area contributed by atoms with E-state index in [1.54, 1.807) is 4.57 Å². The van der Waals surface area contributed by atoms with E-state index < -0.39 is 0 Å². The molecule has 0 amide bonds. The highest BCUT2D eigenvalue weighted by molar-refractivity contribution is 5.77. The van der Waals surface area contributed by atoms with Gasteiger partial charge in [0.2, 0.25) is 0 Å². The molecule has 2 aliphatic heterocycles. The maximum absolute atomic E-state index is 12.1. The summed E-state index contributed by atoms with van der Waals surface area (Å²) in [4.78, 5) is 14.5. The molecule has 2 unspecified atom stereocenters. The van der Waals surface area contributed by atoms with Crippen LogP contribution < -0.4 is 21.5 Å². The summed E-state index contributed by atoms with van der Waals surface area (Å²) in [5.74, 6) is 0.504. The van der Waals surface area contributed by atoms with Crippen molar-refractivity contribution in [2.45, 2.75) is 32.5 Å². The highest BCUT2D eigenvalue weighted by Gasteiger charge is 2.32. The first kappa shape index (κ1) is 18.1. The molecule has 0 radical (unpaired) electrons. The molecule has 3 heterocycles. The lowest BCUT2D eigenvalue weighted by Crippen LogP contribution is -2.36. The van der Waals surface area contributed by atoms with Gasteiger partial charge in [-0.25, -0.2) is 0 Å². The Morgan fingerprint density at radius 2 is 2.19 bits per heavy atom. The number of nitrogens with one attached hydrogen (secondary N) is 1. The Hall–Kier alpha value is -2.31. The summed E-state index contributed by atoms with van der Waals surface area (Å²) < 4.78 is 7.38. The van der Waals surface area contributed by atoms with Crippen LogP contribution in [0, 0.1) is 12.8 Å². The molecule has 1 aromatic carbocycles. The molecule has 0 saturated carbocycles. The molecule has 1 saturated heterocycles. The van der Waals surface area contributed by atoms with Crippen molar-refractivity contribution >= 4 is 11.4 Å². The average molecular weight is 368 g/mol. The van der Waals surface area contributed by atoms with Gasteiger partial charge in [0.15, 0.2) is 0 Å². The molecule has 2 atom stereocenters. The van der Waals surface area contributed by atoms with Crippen LogP contribution in [0.15, 0.2) is 35.3 Å². The van der Waals surface area contributed by atoms with E-state index in [0.717, 1.165) is 48.6 Å². The molecular weight excluding hydrogens is 340 g/mol. The number of nitrogens with zero attached hydrogens (tertiary/aromatic N) is 2. The van der Waals surface area contributed by atoms with Crippen molar-refractivity contribution in [2.24, 2.45) is 18.7 Å². The van der Waals surface area contributed by atoms with Crippen LogP contribution in [-0.4, -0.2) is 24.3 Å². The lowest BCUT2D eigenvalue weighted by atomic mass is 10.0. The average Bonchev–Trinajstić information content (AvgIpc) is 3.04. The SMILES string of the molecule is Cc1cc(C2Nc3ccc(CN)cc3N2CC2CCCOC2)cn(C)c1=O. The van der Waals surface area contributed by atoms with Gasteiger partial charge in [-0.1, -0.05) is 6.07 Å². The molecular formula is C21H28N4O2. The van der Waals surface area contributed by atoms with Crippen molar-refractivity contribution in [3.05, 3.63) is 57.5 Å². The van der Waals surface area contributed by atoms with Gasteiger partial charge in [-0.2, -0.15) is 0 Å². The van der Waals surface area contributed by atoms with Gasteiger partial charge in [-0.3, -0.25) is 4.79 Å². The fourth-order valence-electron chi connectivity index (χ4n) is 4.18. The summed E-state index contributed by atoms with van der Waals surface area (Å²) in [5.41, 5.74) is 11.2. The monoisotopic (exact) mass is 368 g/mol. The molecule has 144 valence electrons. The smallest absolute Gasteiger partial charge is 0.253 e. The lowest BCUT2D eigenvalue weighted by molar-refractivity contribution is 0.0569. The largest absolute Gasteiger partial charge is 0.381 e. The Bertz CT molecular complexity index is 860. The molecule has 4 rings (SSSR count). The summed E-state index contributed by atoms with van der Waals surface area (Å²) in [5, 5.41) is 3.64. The van der Waals surface area contributed by atoms with E-state index in [0.29, 0.717) is 12.5 Å². The van der Waals surface area contributed by atoms with Crippen molar-refractivity contribution in [1.82, 2.24) is 4.57 Å². The standard InChI is InChI=1S/C21H28N4O2/c1-14-8-17(12-24(2)21(14)26)20-23-18-6-5-15(10-22)9-19(18)25(20)11-16-4-3-7-27-13-16/h5-6,8-9,12,16,20,23H,3-4,7,10-11,13,22H2,1-2H3. The van der Waals surface area contributed by atoms with Gasteiger partial charge in [0, 0.05) is 44.1 Å². The number of rotatable bonds is 4. The first-order valence-electron chi connectivity index (χ1n) is 9.68. The van der Waals surface area contributed by atoms with E-state index in [4.69, 9.17) is 10.5 Å². The van der Waals surface area contributed by atoms with Crippen molar-refractivity contribution < 1.29 is 4.74 Å². The Labute approximate surface area is 159 Å². The predicted octanol–water partition coefficient (Wildman–Crippen LogP) is 2.51. The molecule has 0 bridgehead atoms. The van der Waals surface area contributed by atoms with Crippen molar-refractivity contribution in [1.29, 1.82) is 0 Å². The number of ether oxygens (including phenoxy) is 1. The molecule has 1 aromatic heterocycles. The van der Waals surface area contributed by atoms with Gasteiger partial charge >= 0.3 is 0 Å².